The van der Waals surface area contributed by atoms with E-state index < -0.39 is 23.5 Å². The lowest BCUT2D eigenvalue weighted by atomic mass is 10.1. The number of nitrogens with zero attached hydrogens (tertiary/aromatic N) is 6. The molecule has 11 heteroatoms. The molecule has 2 aromatic carbocycles. The summed E-state index contributed by atoms with van der Waals surface area (Å²) in [5.41, 5.74) is 1.40. The van der Waals surface area contributed by atoms with E-state index in [4.69, 9.17) is 0 Å². The maximum Gasteiger partial charge on any atom is 0.416 e. The van der Waals surface area contributed by atoms with Gasteiger partial charge < -0.3 is 9.80 Å². The summed E-state index contributed by atoms with van der Waals surface area (Å²) in [5.74, 6) is -0.957. The van der Waals surface area contributed by atoms with Gasteiger partial charge in [0.1, 0.15) is 5.82 Å². The fourth-order valence-electron chi connectivity index (χ4n) is 4.09. The molecule has 0 N–H and O–H groups in total. The molecular formula is C24H20F4N6O. The number of carbonyl (C=O) groups is 1. The third kappa shape index (κ3) is 4.41. The molecular weight excluding hydrogens is 464 g/mol. The first-order valence-electron chi connectivity index (χ1n) is 10.9. The summed E-state index contributed by atoms with van der Waals surface area (Å²) in [6.45, 7) is 3.25. The van der Waals surface area contributed by atoms with E-state index in [0.29, 0.717) is 36.9 Å². The van der Waals surface area contributed by atoms with Gasteiger partial charge in [0.15, 0.2) is 0 Å². The van der Waals surface area contributed by atoms with Gasteiger partial charge >= 0.3 is 6.18 Å². The molecule has 4 aromatic rings. The summed E-state index contributed by atoms with van der Waals surface area (Å²) in [7, 11) is 0. The van der Waals surface area contributed by atoms with E-state index in [2.05, 4.69) is 15.1 Å². The van der Waals surface area contributed by atoms with Gasteiger partial charge in [-0.15, -0.1) is 5.10 Å². The number of benzene rings is 2. The zero-order valence-corrected chi connectivity index (χ0v) is 18.6. The third-order valence-electron chi connectivity index (χ3n) is 5.92. The SMILES string of the molecule is Cc1cccc(-c2ccnc3nc(N4CCN(C(=O)c5ccc(C(F)(F)F)cc5F)CC4)nn23)c1. The van der Waals surface area contributed by atoms with Gasteiger partial charge in [0.25, 0.3) is 11.7 Å². The van der Waals surface area contributed by atoms with E-state index in [-0.39, 0.29) is 18.7 Å². The zero-order valence-electron chi connectivity index (χ0n) is 18.6. The summed E-state index contributed by atoms with van der Waals surface area (Å²) in [6.07, 6.45) is -3.01. The van der Waals surface area contributed by atoms with Crippen LogP contribution in [0.5, 0.6) is 0 Å². The van der Waals surface area contributed by atoms with Crippen molar-refractivity contribution in [1.82, 2.24) is 24.5 Å². The third-order valence-corrected chi connectivity index (χ3v) is 5.92. The first-order valence-corrected chi connectivity index (χ1v) is 10.9. The first kappa shape index (κ1) is 22.8. The number of halogens is 4. The second-order valence-electron chi connectivity index (χ2n) is 8.29. The van der Waals surface area contributed by atoms with Crippen molar-refractivity contribution in [2.45, 2.75) is 13.1 Å². The van der Waals surface area contributed by atoms with Gasteiger partial charge in [0.05, 0.1) is 16.8 Å². The Morgan fingerprint density at radius 3 is 2.46 bits per heavy atom. The highest BCUT2D eigenvalue weighted by Crippen LogP contribution is 2.30. The zero-order chi connectivity index (χ0) is 24.7. The van der Waals surface area contributed by atoms with Gasteiger partial charge in [-0.25, -0.2) is 9.37 Å². The van der Waals surface area contributed by atoms with Gasteiger partial charge in [0.2, 0.25) is 5.95 Å². The Hall–Kier alpha value is -4.02. The maximum absolute atomic E-state index is 14.3. The molecule has 0 radical (unpaired) electrons. The quantitative estimate of drug-likeness (QED) is 0.408. The Kier molecular flexibility index (Phi) is 5.62. The van der Waals surface area contributed by atoms with Crippen molar-refractivity contribution in [2.75, 3.05) is 31.1 Å². The van der Waals surface area contributed by atoms with Gasteiger partial charge in [0, 0.05) is 37.9 Å². The minimum Gasteiger partial charge on any atom is -0.336 e. The number of hydrogen-bond acceptors (Lipinski definition) is 5. The lowest BCUT2D eigenvalue weighted by Crippen LogP contribution is -2.49. The number of fused-ring (bicyclic) bond motifs is 1. The van der Waals surface area contributed by atoms with Crippen LogP contribution in [-0.4, -0.2) is 56.6 Å². The van der Waals surface area contributed by atoms with Crippen LogP contribution in [0.4, 0.5) is 23.5 Å². The van der Waals surface area contributed by atoms with Crippen molar-refractivity contribution in [3.8, 4) is 11.3 Å². The molecule has 1 aliphatic heterocycles. The van der Waals surface area contributed by atoms with Crippen LogP contribution in [0.1, 0.15) is 21.5 Å². The summed E-state index contributed by atoms with van der Waals surface area (Å²) in [5, 5.41) is 4.62. The molecule has 1 amide bonds. The molecule has 1 saturated heterocycles. The van der Waals surface area contributed by atoms with E-state index in [1.807, 2.05) is 42.2 Å². The molecule has 5 rings (SSSR count). The normalized spacial score (nSPS) is 14.5. The van der Waals surface area contributed by atoms with Crippen LogP contribution in [0.25, 0.3) is 17.0 Å². The van der Waals surface area contributed by atoms with E-state index in [9.17, 15) is 22.4 Å². The second-order valence-corrected chi connectivity index (χ2v) is 8.29. The molecule has 0 aliphatic carbocycles. The number of rotatable bonds is 3. The predicted octanol–water partition coefficient (Wildman–Crippen LogP) is 4.22. The monoisotopic (exact) mass is 484 g/mol. The molecule has 35 heavy (non-hydrogen) atoms. The summed E-state index contributed by atoms with van der Waals surface area (Å²) < 4.78 is 54.3. The average Bonchev–Trinajstić information content (AvgIpc) is 3.28. The number of amides is 1. The smallest absolute Gasteiger partial charge is 0.336 e. The molecule has 1 aliphatic rings. The van der Waals surface area contributed by atoms with E-state index >= 15 is 0 Å². The van der Waals surface area contributed by atoms with E-state index in [0.717, 1.165) is 22.9 Å². The van der Waals surface area contributed by atoms with Crippen LogP contribution in [-0.2, 0) is 6.18 Å². The highest BCUT2D eigenvalue weighted by Gasteiger charge is 2.33. The number of hydrogen-bond donors (Lipinski definition) is 0. The highest BCUT2D eigenvalue weighted by atomic mass is 19.4. The van der Waals surface area contributed by atoms with Crippen LogP contribution in [0.3, 0.4) is 0 Å². The second kappa shape index (κ2) is 8.64. The Bertz CT molecular complexity index is 1410. The lowest BCUT2D eigenvalue weighted by molar-refractivity contribution is -0.137. The van der Waals surface area contributed by atoms with Crippen LogP contribution < -0.4 is 4.90 Å². The van der Waals surface area contributed by atoms with Crippen molar-refractivity contribution in [3.05, 3.63) is 77.2 Å². The minimum atomic E-state index is -4.68. The van der Waals surface area contributed by atoms with Crippen molar-refractivity contribution in [1.29, 1.82) is 0 Å². The fraction of sp³-hybridized carbons (Fsp3) is 0.250. The largest absolute Gasteiger partial charge is 0.416 e. The van der Waals surface area contributed by atoms with E-state index in [1.165, 1.54) is 4.90 Å². The number of aryl methyl sites for hydroxylation is 1. The highest BCUT2D eigenvalue weighted by molar-refractivity contribution is 5.94. The maximum atomic E-state index is 14.3. The van der Waals surface area contributed by atoms with Crippen molar-refractivity contribution < 1.29 is 22.4 Å². The molecule has 0 bridgehead atoms. The van der Waals surface area contributed by atoms with Gasteiger partial charge in [-0.2, -0.15) is 22.7 Å². The number of aromatic nitrogens is 4. The number of anilines is 1. The first-order chi connectivity index (χ1) is 16.7. The van der Waals surface area contributed by atoms with Crippen molar-refractivity contribution in [2.24, 2.45) is 0 Å². The molecule has 2 aromatic heterocycles. The van der Waals surface area contributed by atoms with Crippen molar-refractivity contribution in [3.63, 3.8) is 0 Å². The Morgan fingerprint density at radius 1 is 1.00 bits per heavy atom. The number of piperazine rings is 1. The molecule has 0 spiro atoms. The average molecular weight is 484 g/mol. The topological polar surface area (TPSA) is 66.6 Å². The molecule has 0 unspecified atom stereocenters. The van der Waals surface area contributed by atoms with Gasteiger partial charge in [-0.1, -0.05) is 23.8 Å². The predicted molar refractivity (Wildman–Crippen MR) is 120 cm³/mol. The number of carbonyl (C=O) groups excluding carboxylic acids is 1. The molecule has 0 saturated carbocycles. The van der Waals surface area contributed by atoms with Crippen LogP contribution in [0, 0.1) is 12.7 Å². The molecule has 180 valence electrons. The molecule has 1 fully saturated rings. The van der Waals surface area contributed by atoms with Gasteiger partial charge in [-0.3, -0.25) is 4.79 Å². The Labute approximate surface area is 197 Å². The van der Waals surface area contributed by atoms with Crippen molar-refractivity contribution >= 4 is 17.6 Å². The summed E-state index contributed by atoms with van der Waals surface area (Å²) in [4.78, 5) is 24.9. The van der Waals surface area contributed by atoms with Crippen LogP contribution in [0.2, 0.25) is 0 Å². The van der Waals surface area contributed by atoms with Gasteiger partial charge in [-0.05, 0) is 37.3 Å². The lowest BCUT2D eigenvalue weighted by Gasteiger charge is -2.34. The Balaban J connectivity index is 1.32. The molecule has 0 atom stereocenters. The number of alkyl halides is 3. The molecule has 7 nitrogen and oxygen atoms in total. The van der Waals surface area contributed by atoms with Crippen LogP contribution >= 0.6 is 0 Å². The standard InChI is InChI=1S/C24H20F4N6O/c1-15-3-2-4-16(13-15)20-7-8-29-22-30-23(31-34(20)22)33-11-9-32(10-12-33)21(35)18-6-5-17(14-19(18)25)24(26,27)28/h2-8,13-14H,9-12H2,1H3. The summed E-state index contributed by atoms with van der Waals surface area (Å²) in [6, 6.07) is 11.8. The molecule has 3 heterocycles. The Morgan fingerprint density at radius 2 is 1.77 bits per heavy atom. The summed E-state index contributed by atoms with van der Waals surface area (Å²) >= 11 is 0. The van der Waals surface area contributed by atoms with E-state index in [1.54, 1.807) is 10.7 Å². The minimum absolute atomic E-state index is 0.243. The fourth-order valence-corrected chi connectivity index (χ4v) is 4.09. The van der Waals surface area contributed by atoms with Crippen LogP contribution in [0.15, 0.2) is 54.7 Å².